The zero-order valence-electron chi connectivity index (χ0n) is 14.8. The maximum atomic E-state index is 13.2. The lowest BCUT2D eigenvalue weighted by atomic mass is 10.1. The van der Waals surface area contributed by atoms with E-state index in [1.54, 1.807) is 25.3 Å². The van der Waals surface area contributed by atoms with Crippen molar-refractivity contribution < 1.29 is 8.42 Å². The smallest absolute Gasteiger partial charge is 0.265 e. The van der Waals surface area contributed by atoms with Crippen LogP contribution >= 0.6 is 34.8 Å². The van der Waals surface area contributed by atoms with Gasteiger partial charge in [0.05, 0.1) is 26.4 Å². The lowest BCUT2D eigenvalue weighted by Gasteiger charge is -2.21. The number of nitrogen functional groups attached to an aromatic ring is 1. The summed E-state index contributed by atoms with van der Waals surface area (Å²) in [6.07, 6.45) is 1.54. The maximum Gasteiger partial charge on any atom is 0.265 e. The topological polar surface area (TPSA) is 89.2 Å². The van der Waals surface area contributed by atoms with E-state index in [9.17, 15) is 8.42 Å². The first-order chi connectivity index (χ1) is 13.1. The van der Waals surface area contributed by atoms with Gasteiger partial charge in [-0.15, -0.1) is 0 Å². The van der Waals surface area contributed by atoms with Gasteiger partial charge in [-0.25, -0.2) is 18.4 Å². The Morgan fingerprint density at radius 3 is 2.32 bits per heavy atom. The van der Waals surface area contributed by atoms with Gasteiger partial charge in [-0.2, -0.15) is 0 Å². The highest BCUT2D eigenvalue weighted by atomic mass is 35.5. The van der Waals surface area contributed by atoms with E-state index in [2.05, 4.69) is 9.97 Å². The summed E-state index contributed by atoms with van der Waals surface area (Å²) < 4.78 is 27.5. The molecular formula is C18H15Cl3N4O2S. The van der Waals surface area contributed by atoms with Gasteiger partial charge in [0, 0.05) is 18.8 Å². The number of benzene rings is 2. The molecule has 0 spiro atoms. The van der Waals surface area contributed by atoms with Crippen molar-refractivity contribution in [1.82, 2.24) is 9.97 Å². The van der Waals surface area contributed by atoms with Crippen molar-refractivity contribution in [2.45, 2.75) is 11.8 Å². The third-order valence-corrected chi connectivity index (χ3v) is 7.15. The molecule has 146 valence electrons. The van der Waals surface area contributed by atoms with E-state index in [4.69, 9.17) is 40.5 Å². The molecule has 0 bridgehead atoms. The normalized spacial score (nSPS) is 11.5. The SMILES string of the molecule is Cc1nc(N)ncc1-c1ccc(Cl)c(S(=O)(=O)N(C)c2ccc(Cl)c(Cl)c2)c1. The quantitative estimate of drug-likeness (QED) is 0.606. The molecule has 0 saturated heterocycles. The van der Waals surface area contributed by atoms with Gasteiger partial charge in [0.25, 0.3) is 10.0 Å². The van der Waals surface area contributed by atoms with Gasteiger partial charge >= 0.3 is 0 Å². The molecule has 0 aliphatic rings. The first kappa shape index (κ1) is 20.7. The number of anilines is 2. The van der Waals surface area contributed by atoms with Crippen LogP contribution in [0, 0.1) is 6.92 Å². The molecule has 0 saturated carbocycles. The number of sulfonamides is 1. The predicted octanol–water partition coefficient (Wildman–Crippen LogP) is 4.82. The van der Waals surface area contributed by atoms with Gasteiger partial charge in [-0.1, -0.05) is 40.9 Å². The fourth-order valence-electron chi connectivity index (χ4n) is 2.60. The van der Waals surface area contributed by atoms with Gasteiger partial charge in [-0.3, -0.25) is 4.31 Å². The molecule has 0 aliphatic heterocycles. The Morgan fingerprint density at radius 2 is 1.68 bits per heavy atom. The summed E-state index contributed by atoms with van der Waals surface area (Å²) in [6, 6.07) is 9.25. The number of halogens is 3. The van der Waals surface area contributed by atoms with Gasteiger partial charge in [0.2, 0.25) is 5.95 Å². The minimum absolute atomic E-state index is 0.0588. The van der Waals surface area contributed by atoms with Crippen molar-refractivity contribution in [3.05, 3.63) is 63.4 Å². The molecule has 3 aromatic rings. The van der Waals surface area contributed by atoms with Crippen molar-refractivity contribution in [2.75, 3.05) is 17.1 Å². The van der Waals surface area contributed by atoms with Crippen molar-refractivity contribution in [3.8, 4) is 11.1 Å². The predicted molar refractivity (Wildman–Crippen MR) is 114 cm³/mol. The molecule has 0 amide bonds. The summed E-state index contributed by atoms with van der Waals surface area (Å²) in [5, 5.41) is 0.662. The molecular weight excluding hydrogens is 443 g/mol. The Kier molecular flexibility index (Phi) is 5.72. The van der Waals surface area contributed by atoms with Crippen LogP contribution in [0.2, 0.25) is 15.1 Å². The second-order valence-electron chi connectivity index (χ2n) is 5.94. The molecule has 2 aromatic carbocycles. The Bertz CT molecular complexity index is 1170. The Labute approximate surface area is 177 Å². The lowest BCUT2D eigenvalue weighted by Crippen LogP contribution is -2.26. The van der Waals surface area contributed by atoms with Crippen molar-refractivity contribution in [1.29, 1.82) is 0 Å². The van der Waals surface area contributed by atoms with Gasteiger partial charge in [0.15, 0.2) is 0 Å². The van der Waals surface area contributed by atoms with Crippen LogP contribution in [0.5, 0.6) is 0 Å². The van der Waals surface area contributed by atoms with Gasteiger partial charge in [0.1, 0.15) is 4.90 Å². The molecule has 0 fully saturated rings. The summed E-state index contributed by atoms with van der Waals surface area (Å²) in [4.78, 5) is 8.03. The molecule has 28 heavy (non-hydrogen) atoms. The largest absolute Gasteiger partial charge is 0.368 e. The third-order valence-electron chi connectivity index (χ3n) is 4.15. The minimum atomic E-state index is -3.97. The highest BCUT2D eigenvalue weighted by molar-refractivity contribution is 7.93. The Balaban J connectivity index is 2.09. The number of rotatable bonds is 4. The van der Waals surface area contributed by atoms with E-state index in [1.165, 1.54) is 31.3 Å². The molecule has 2 N–H and O–H groups in total. The zero-order chi connectivity index (χ0) is 20.6. The fraction of sp³-hybridized carbons (Fsp3) is 0.111. The van der Waals surface area contributed by atoms with E-state index in [0.29, 0.717) is 27.5 Å². The van der Waals surface area contributed by atoms with Crippen molar-refractivity contribution >= 4 is 56.5 Å². The first-order valence-corrected chi connectivity index (χ1v) is 10.5. The van der Waals surface area contributed by atoms with E-state index in [0.717, 1.165) is 4.31 Å². The Hall–Kier alpha value is -2.06. The lowest BCUT2D eigenvalue weighted by molar-refractivity contribution is 0.594. The van der Waals surface area contributed by atoms with Gasteiger partial charge < -0.3 is 5.73 Å². The summed E-state index contributed by atoms with van der Waals surface area (Å²) >= 11 is 18.1. The van der Waals surface area contributed by atoms with E-state index in [-0.39, 0.29) is 20.9 Å². The molecule has 1 heterocycles. The van der Waals surface area contributed by atoms with Crippen molar-refractivity contribution in [2.24, 2.45) is 0 Å². The van der Waals surface area contributed by atoms with Crippen LogP contribution in [0.15, 0.2) is 47.5 Å². The Morgan fingerprint density at radius 1 is 1.00 bits per heavy atom. The van der Waals surface area contributed by atoms with Crippen LogP contribution in [-0.2, 0) is 10.0 Å². The average Bonchev–Trinajstić information content (AvgIpc) is 2.64. The molecule has 0 aliphatic carbocycles. The standard InChI is InChI=1S/C18H15Cl3N4O2S/c1-10-13(9-23-18(22)24-10)11-3-5-15(20)17(7-11)28(26,27)25(2)12-4-6-14(19)16(21)8-12/h3-9H,1-2H3,(H2,22,23,24). The number of nitrogens with two attached hydrogens (primary N) is 1. The van der Waals surface area contributed by atoms with Crippen LogP contribution in [0.4, 0.5) is 11.6 Å². The number of hydrogen-bond acceptors (Lipinski definition) is 5. The molecule has 0 atom stereocenters. The van der Waals surface area contributed by atoms with Crippen LogP contribution in [-0.4, -0.2) is 25.4 Å². The number of aryl methyl sites for hydroxylation is 1. The maximum absolute atomic E-state index is 13.2. The van der Waals surface area contributed by atoms with E-state index in [1.807, 2.05) is 0 Å². The van der Waals surface area contributed by atoms with Crippen LogP contribution in [0.1, 0.15) is 5.69 Å². The summed E-state index contributed by atoms with van der Waals surface area (Å²) in [6.45, 7) is 1.76. The van der Waals surface area contributed by atoms with Crippen LogP contribution < -0.4 is 10.0 Å². The summed E-state index contributed by atoms with van der Waals surface area (Å²) in [7, 11) is -2.56. The first-order valence-electron chi connectivity index (χ1n) is 7.94. The highest BCUT2D eigenvalue weighted by Gasteiger charge is 2.25. The molecule has 0 unspecified atom stereocenters. The molecule has 3 rings (SSSR count). The number of hydrogen-bond donors (Lipinski definition) is 1. The minimum Gasteiger partial charge on any atom is -0.368 e. The second-order valence-corrected chi connectivity index (χ2v) is 9.10. The average molecular weight is 458 g/mol. The van der Waals surface area contributed by atoms with Crippen LogP contribution in [0.3, 0.4) is 0 Å². The summed E-state index contributed by atoms with van der Waals surface area (Å²) in [5.41, 5.74) is 7.81. The van der Waals surface area contributed by atoms with Crippen LogP contribution in [0.25, 0.3) is 11.1 Å². The number of nitrogens with zero attached hydrogens (tertiary/aromatic N) is 3. The van der Waals surface area contributed by atoms with E-state index >= 15 is 0 Å². The third kappa shape index (κ3) is 3.89. The summed E-state index contributed by atoms with van der Waals surface area (Å²) in [5.74, 6) is 0.141. The molecule has 6 nitrogen and oxygen atoms in total. The zero-order valence-corrected chi connectivity index (χ0v) is 17.9. The van der Waals surface area contributed by atoms with Crippen molar-refractivity contribution in [3.63, 3.8) is 0 Å². The fourth-order valence-corrected chi connectivity index (χ4v) is 4.58. The molecule has 0 radical (unpaired) electrons. The van der Waals surface area contributed by atoms with Gasteiger partial charge in [-0.05, 0) is 42.8 Å². The highest BCUT2D eigenvalue weighted by Crippen LogP contribution is 2.34. The van der Waals surface area contributed by atoms with E-state index < -0.39 is 10.0 Å². The second kappa shape index (κ2) is 7.75. The monoisotopic (exact) mass is 456 g/mol. The molecule has 1 aromatic heterocycles. The number of aromatic nitrogens is 2. The molecule has 10 heteroatoms.